The number of aromatic nitrogens is 5. The second-order valence-electron chi connectivity index (χ2n) is 8.70. The Morgan fingerprint density at radius 2 is 2.11 bits per heavy atom. The lowest BCUT2D eigenvalue weighted by molar-refractivity contribution is 0.0710. The molecule has 5 aromatic rings. The second kappa shape index (κ2) is 8.09. The molecule has 0 saturated heterocycles. The maximum atomic E-state index is 13.7. The van der Waals surface area contributed by atoms with Crippen molar-refractivity contribution < 1.29 is 9.53 Å². The van der Waals surface area contributed by atoms with Gasteiger partial charge in [-0.15, -0.1) is 0 Å². The van der Waals surface area contributed by atoms with Crippen molar-refractivity contribution >= 4 is 34.0 Å². The molecule has 0 fully saturated rings. The Morgan fingerprint density at radius 1 is 1.25 bits per heavy atom. The first-order chi connectivity index (χ1) is 17.5. The normalized spacial score (nSPS) is 14.5. The number of aryl methyl sites for hydroxylation is 1. The number of benzene rings is 2. The summed E-state index contributed by atoms with van der Waals surface area (Å²) < 4.78 is 9.63. The molecule has 0 saturated carbocycles. The molecule has 178 valence electrons. The van der Waals surface area contributed by atoms with Gasteiger partial charge in [0.1, 0.15) is 23.7 Å². The number of carbonyl (C=O) groups is 1. The van der Waals surface area contributed by atoms with Crippen LogP contribution in [0, 0.1) is 6.57 Å². The predicted octanol–water partition coefficient (Wildman–Crippen LogP) is 4.10. The fourth-order valence-electron chi connectivity index (χ4n) is 4.69. The highest BCUT2D eigenvalue weighted by atomic mass is 16.5. The first-order valence-corrected chi connectivity index (χ1v) is 11.5. The number of likely N-dealkylation sites (N-methyl/N-ethyl adjacent to an activating group) is 1. The highest BCUT2D eigenvalue weighted by Gasteiger charge is 2.32. The van der Waals surface area contributed by atoms with Crippen molar-refractivity contribution in [3.63, 3.8) is 0 Å². The molecule has 1 aliphatic heterocycles. The van der Waals surface area contributed by atoms with Gasteiger partial charge >= 0.3 is 0 Å². The third-order valence-electron chi connectivity index (χ3n) is 6.69. The summed E-state index contributed by atoms with van der Waals surface area (Å²) in [7, 11) is 1.73. The molecular formula is C26H22N8O2. The van der Waals surface area contributed by atoms with Gasteiger partial charge < -0.3 is 15.4 Å². The summed E-state index contributed by atoms with van der Waals surface area (Å²) in [6, 6.07) is 8.99. The SMILES string of the molecule is [C-]#[N+]c1cc2nc(N)c3cncn3c2cc1C(=O)N(C)[C@@H]1COc2cc(-c3cnn(CC)c3)ccc21. The largest absolute Gasteiger partial charge is 0.491 e. The summed E-state index contributed by atoms with van der Waals surface area (Å²) in [4.78, 5) is 27.5. The van der Waals surface area contributed by atoms with Gasteiger partial charge in [0.2, 0.25) is 11.6 Å². The third kappa shape index (κ3) is 3.25. The van der Waals surface area contributed by atoms with E-state index in [4.69, 9.17) is 17.0 Å². The Kier molecular flexibility index (Phi) is 4.86. The minimum atomic E-state index is -0.285. The average molecular weight is 479 g/mol. The smallest absolute Gasteiger partial charge is 0.243 e. The zero-order chi connectivity index (χ0) is 25.0. The van der Waals surface area contributed by atoms with Gasteiger partial charge in [-0.2, -0.15) is 5.10 Å². The molecule has 36 heavy (non-hydrogen) atoms. The number of anilines is 1. The molecule has 10 heteroatoms. The average Bonchev–Trinajstić information content (AvgIpc) is 3.66. The lowest BCUT2D eigenvalue weighted by Gasteiger charge is -2.24. The lowest BCUT2D eigenvalue weighted by Crippen LogP contribution is -2.32. The molecule has 6 rings (SSSR count). The van der Waals surface area contributed by atoms with E-state index in [0.717, 1.165) is 29.0 Å². The van der Waals surface area contributed by atoms with Crippen LogP contribution < -0.4 is 10.5 Å². The van der Waals surface area contributed by atoms with Gasteiger partial charge in [-0.05, 0) is 30.7 Å². The van der Waals surface area contributed by atoms with Gasteiger partial charge in [0.15, 0.2) is 0 Å². The Hall–Kier alpha value is -4.91. The minimum absolute atomic E-state index is 0.216. The number of nitrogen functional groups attached to an aromatic ring is 1. The van der Waals surface area contributed by atoms with Crippen LogP contribution in [-0.4, -0.2) is 48.6 Å². The van der Waals surface area contributed by atoms with E-state index in [1.54, 1.807) is 41.0 Å². The van der Waals surface area contributed by atoms with Gasteiger partial charge in [0.05, 0.1) is 42.4 Å². The number of hydrogen-bond acceptors (Lipinski definition) is 6. The standard InChI is InChI=1S/C26H22N8O2/c1-4-33-12-16(10-30-33)15-5-6-17-23(13-36-24(17)7-15)32(3)26(35)18-8-21-20(9-19(18)28-2)31-25(27)22-11-29-14-34(21)22/h5-12,14,23H,4,13H2,1,3H3,(H2,27,31)/t23-/m1/s1. The highest BCUT2D eigenvalue weighted by Crippen LogP contribution is 2.39. The summed E-state index contributed by atoms with van der Waals surface area (Å²) in [5.74, 6) is 0.779. The first-order valence-electron chi connectivity index (χ1n) is 11.5. The van der Waals surface area contributed by atoms with E-state index in [1.807, 2.05) is 42.2 Å². The third-order valence-corrected chi connectivity index (χ3v) is 6.69. The number of amides is 1. The molecule has 10 nitrogen and oxygen atoms in total. The fraction of sp³-hybridized carbons (Fsp3) is 0.192. The van der Waals surface area contributed by atoms with Crippen LogP contribution in [0.1, 0.15) is 28.9 Å². The number of nitrogens with two attached hydrogens (primary N) is 1. The fourth-order valence-corrected chi connectivity index (χ4v) is 4.69. The summed E-state index contributed by atoms with van der Waals surface area (Å²) in [6.07, 6.45) is 7.06. The summed E-state index contributed by atoms with van der Waals surface area (Å²) in [5.41, 5.74) is 11.3. The van der Waals surface area contributed by atoms with Crippen molar-refractivity contribution in [2.45, 2.75) is 19.5 Å². The van der Waals surface area contributed by atoms with Crippen molar-refractivity contribution in [3.05, 3.63) is 77.8 Å². The van der Waals surface area contributed by atoms with Crippen molar-refractivity contribution in [1.29, 1.82) is 0 Å². The number of hydrogen-bond donors (Lipinski definition) is 1. The van der Waals surface area contributed by atoms with E-state index >= 15 is 0 Å². The monoisotopic (exact) mass is 478 g/mol. The van der Waals surface area contributed by atoms with Crippen LogP contribution in [0.15, 0.2) is 55.2 Å². The van der Waals surface area contributed by atoms with Gasteiger partial charge in [0.25, 0.3) is 0 Å². The Balaban J connectivity index is 1.36. The molecule has 0 bridgehead atoms. The van der Waals surface area contributed by atoms with E-state index in [9.17, 15) is 4.79 Å². The molecule has 2 aromatic carbocycles. The molecular weight excluding hydrogens is 456 g/mol. The second-order valence-corrected chi connectivity index (χ2v) is 8.70. The van der Waals surface area contributed by atoms with E-state index in [0.29, 0.717) is 34.5 Å². The molecule has 0 unspecified atom stereocenters. The Bertz CT molecular complexity index is 1710. The number of imidazole rings is 1. The molecule has 4 heterocycles. The zero-order valence-corrected chi connectivity index (χ0v) is 19.7. The van der Waals surface area contributed by atoms with Crippen molar-refractivity contribution in [3.8, 4) is 16.9 Å². The van der Waals surface area contributed by atoms with E-state index in [1.165, 1.54) is 0 Å². The molecule has 3 aromatic heterocycles. The summed E-state index contributed by atoms with van der Waals surface area (Å²) >= 11 is 0. The summed E-state index contributed by atoms with van der Waals surface area (Å²) in [5, 5.41) is 4.34. The van der Waals surface area contributed by atoms with E-state index < -0.39 is 0 Å². The van der Waals surface area contributed by atoms with Crippen molar-refractivity contribution in [1.82, 2.24) is 29.0 Å². The van der Waals surface area contributed by atoms with Crippen LogP contribution in [0.2, 0.25) is 0 Å². The lowest BCUT2D eigenvalue weighted by atomic mass is 10.0. The van der Waals surface area contributed by atoms with Gasteiger partial charge in [-0.3, -0.25) is 13.9 Å². The first kappa shape index (κ1) is 21.6. The van der Waals surface area contributed by atoms with E-state index in [-0.39, 0.29) is 17.6 Å². The van der Waals surface area contributed by atoms with Gasteiger partial charge in [-0.1, -0.05) is 12.1 Å². The number of nitrogens with zero attached hydrogens (tertiary/aromatic N) is 7. The van der Waals surface area contributed by atoms with Crippen LogP contribution >= 0.6 is 0 Å². The maximum Gasteiger partial charge on any atom is 0.243 e. The molecule has 0 aliphatic carbocycles. The summed E-state index contributed by atoms with van der Waals surface area (Å²) in [6.45, 7) is 10.8. The predicted molar refractivity (Wildman–Crippen MR) is 135 cm³/mol. The number of ether oxygens (including phenoxy) is 1. The van der Waals surface area contributed by atoms with Crippen molar-refractivity contribution in [2.24, 2.45) is 0 Å². The van der Waals surface area contributed by atoms with Crippen LogP contribution in [0.25, 0.3) is 32.5 Å². The Morgan fingerprint density at radius 3 is 2.89 bits per heavy atom. The van der Waals surface area contributed by atoms with Crippen LogP contribution in [0.4, 0.5) is 11.5 Å². The van der Waals surface area contributed by atoms with E-state index in [2.05, 4.69) is 19.9 Å². The van der Waals surface area contributed by atoms with Crippen LogP contribution in [-0.2, 0) is 6.54 Å². The number of carbonyl (C=O) groups excluding carboxylic acids is 1. The number of fused-ring (bicyclic) bond motifs is 4. The van der Waals surface area contributed by atoms with Gasteiger partial charge in [-0.25, -0.2) is 14.8 Å². The topological polar surface area (TPSA) is 108 Å². The van der Waals surface area contributed by atoms with Crippen molar-refractivity contribution in [2.75, 3.05) is 19.4 Å². The number of rotatable bonds is 4. The quantitative estimate of drug-likeness (QED) is 0.390. The molecule has 0 radical (unpaired) electrons. The Labute approximate surface area is 206 Å². The molecule has 1 amide bonds. The highest BCUT2D eigenvalue weighted by molar-refractivity contribution is 6.04. The molecule has 1 aliphatic rings. The molecule has 2 N–H and O–H groups in total. The maximum absolute atomic E-state index is 13.7. The van der Waals surface area contributed by atoms with Gasteiger partial charge in [0, 0.05) is 36.5 Å². The molecule has 1 atom stereocenters. The minimum Gasteiger partial charge on any atom is -0.491 e. The van der Waals surface area contributed by atoms with Crippen LogP contribution in [0.3, 0.4) is 0 Å². The zero-order valence-electron chi connectivity index (χ0n) is 19.7. The van der Waals surface area contributed by atoms with Crippen LogP contribution in [0.5, 0.6) is 5.75 Å². The molecule has 0 spiro atoms.